The fourth-order valence-corrected chi connectivity index (χ4v) is 2.69. The molecule has 4 heteroatoms. The maximum atomic E-state index is 11.2. The lowest BCUT2D eigenvalue weighted by molar-refractivity contribution is 0.0697. The second kappa shape index (κ2) is 6.06. The van der Waals surface area contributed by atoms with E-state index in [4.69, 9.17) is 0 Å². The van der Waals surface area contributed by atoms with Crippen LogP contribution in [0, 0.1) is 12.8 Å². The molecule has 0 aromatic heterocycles. The van der Waals surface area contributed by atoms with Crippen molar-refractivity contribution in [2.45, 2.75) is 38.7 Å². The Bertz CT molecular complexity index is 459. The summed E-state index contributed by atoms with van der Waals surface area (Å²) >= 11 is 0. The summed E-state index contributed by atoms with van der Waals surface area (Å²) in [5.41, 5.74) is 1.92. The van der Waals surface area contributed by atoms with Crippen LogP contribution in [0.3, 0.4) is 0 Å². The molecule has 1 aromatic rings. The van der Waals surface area contributed by atoms with Gasteiger partial charge in [0.2, 0.25) is 0 Å². The third-order valence-electron chi connectivity index (χ3n) is 3.74. The molecule has 0 saturated heterocycles. The zero-order valence-corrected chi connectivity index (χ0v) is 11.2. The number of nitrogens with one attached hydrogen (secondary N) is 1. The van der Waals surface area contributed by atoms with Crippen LogP contribution in [-0.4, -0.2) is 28.8 Å². The number of aryl methyl sites for hydroxylation is 1. The topological polar surface area (TPSA) is 69.6 Å². The largest absolute Gasteiger partial charge is 0.478 e. The van der Waals surface area contributed by atoms with Crippen molar-refractivity contribution in [3.05, 3.63) is 29.3 Å². The summed E-state index contributed by atoms with van der Waals surface area (Å²) in [5, 5.41) is 22.0. The standard InChI is InChI=1S/C15H21NO3/c1-10-5-6-14(13(7-10)15(18)19)16-9-11-3-2-4-12(17)8-11/h5-7,11-12,16-17H,2-4,8-9H2,1H3,(H,18,19). The summed E-state index contributed by atoms with van der Waals surface area (Å²) in [6.07, 6.45) is 3.64. The van der Waals surface area contributed by atoms with Crippen molar-refractivity contribution in [1.82, 2.24) is 0 Å². The molecule has 0 aliphatic heterocycles. The van der Waals surface area contributed by atoms with Gasteiger partial charge in [0.05, 0.1) is 11.7 Å². The first-order valence-electron chi connectivity index (χ1n) is 6.82. The van der Waals surface area contributed by atoms with Crippen LogP contribution in [0.15, 0.2) is 18.2 Å². The Labute approximate surface area is 113 Å². The maximum Gasteiger partial charge on any atom is 0.337 e. The predicted molar refractivity (Wildman–Crippen MR) is 74.6 cm³/mol. The molecule has 2 rings (SSSR count). The van der Waals surface area contributed by atoms with Crippen LogP contribution in [0.4, 0.5) is 5.69 Å². The highest BCUT2D eigenvalue weighted by atomic mass is 16.4. The zero-order chi connectivity index (χ0) is 13.8. The fourth-order valence-electron chi connectivity index (χ4n) is 2.69. The molecule has 19 heavy (non-hydrogen) atoms. The Morgan fingerprint density at radius 2 is 2.21 bits per heavy atom. The van der Waals surface area contributed by atoms with Gasteiger partial charge in [-0.25, -0.2) is 4.79 Å². The number of carboxylic acids is 1. The van der Waals surface area contributed by atoms with E-state index >= 15 is 0 Å². The molecular formula is C15H21NO3. The summed E-state index contributed by atoms with van der Waals surface area (Å²) < 4.78 is 0. The lowest BCUT2D eigenvalue weighted by atomic mass is 9.87. The molecular weight excluding hydrogens is 242 g/mol. The molecule has 2 unspecified atom stereocenters. The van der Waals surface area contributed by atoms with Gasteiger partial charge in [-0.15, -0.1) is 0 Å². The quantitative estimate of drug-likeness (QED) is 0.781. The summed E-state index contributed by atoms with van der Waals surface area (Å²) in [4.78, 5) is 11.2. The monoisotopic (exact) mass is 263 g/mol. The number of carbonyl (C=O) groups is 1. The number of aliphatic hydroxyl groups excluding tert-OH is 1. The highest BCUT2D eigenvalue weighted by Gasteiger charge is 2.20. The highest BCUT2D eigenvalue weighted by Crippen LogP contribution is 2.25. The molecule has 1 fully saturated rings. The van der Waals surface area contributed by atoms with Crippen LogP contribution in [0.2, 0.25) is 0 Å². The fraction of sp³-hybridized carbons (Fsp3) is 0.533. The number of hydrogen-bond donors (Lipinski definition) is 3. The van der Waals surface area contributed by atoms with Gasteiger partial charge in [-0.05, 0) is 44.2 Å². The molecule has 0 bridgehead atoms. The first kappa shape index (κ1) is 13.9. The Morgan fingerprint density at radius 1 is 1.42 bits per heavy atom. The van der Waals surface area contributed by atoms with Crippen LogP contribution in [0.25, 0.3) is 0 Å². The predicted octanol–water partition coefficient (Wildman–Crippen LogP) is 2.66. The number of hydrogen-bond acceptors (Lipinski definition) is 3. The van der Waals surface area contributed by atoms with Crippen molar-refractivity contribution in [2.75, 3.05) is 11.9 Å². The van der Waals surface area contributed by atoms with Crippen molar-refractivity contribution < 1.29 is 15.0 Å². The van der Waals surface area contributed by atoms with E-state index in [0.29, 0.717) is 17.2 Å². The molecule has 0 spiro atoms. The minimum absolute atomic E-state index is 0.197. The third-order valence-corrected chi connectivity index (χ3v) is 3.74. The molecule has 0 radical (unpaired) electrons. The van der Waals surface area contributed by atoms with Gasteiger partial charge >= 0.3 is 5.97 Å². The van der Waals surface area contributed by atoms with Crippen molar-refractivity contribution in [1.29, 1.82) is 0 Å². The SMILES string of the molecule is Cc1ccc(NCC2CCCC(O)C2)c(C(=O)O)c1. The van der Waals surface area contributed by atoms with Crippen molar-refractivity contribution in [3.63, 3.8) is 0 Å². The lowest BCUT2D eigenvalue weighted by Crippen LogP contribution is -2.25. The van der Waals surface area contributed by atoms with Crippen molar-refractivity contribution in [3.8, 4) is 0 Å². The highest BCUT2D eigenvalue weighted by molar-refractivity contribution is 5.94. The summed E-state index contributed by atoms with van der Waals surface area (Å²) in [7, 11) is 0. The van der Waals surface area contributed by atoms with Gasteiger partial charge in [0, 0.05) is 12.2 Å². The van der Waals surface area contributed by atoms with E-state index < -0.39 is 5.97 Å². The first-order valence-corrected chi connectivity index (χ1v) is 6.82. The summed E-state index contributed by atoms with van der Waals surface area (Å²) in [6, 6.07) is 5.41. The van der Waals surface area contributed by atoms with Gasteiger partial charge in [0.1, 0.15) is 0 Å². The smallest absolute Gasteiger partial charge is 0.337 e. The molecule has 0 heterocycles. The molecule has 2 atom stereocenters. The number of anilines is 1. The normalized spacial score (nSPS) is 23.1. The lowest BCUT2D eigenvalue weighted by Gasteiger charge is -2.26. The van der Waals surface area contributed by atoms with E-state index in [1.165, 1.54) is 0 Å². The second-order valence-electron chi connectivity index (χ2n) is 5.42. The first-order chi connectivity index (χ1) is 9.06. The molecule has 1 aromatic carbocycles. The number of benzene rings is 1. The number of aliphatic hydroxyl groups is 1. The zero-order valence-electron chi connectivity index (χ0n) is 11.2. The van der Waals surface area contributed by atoms with E-state index in [0.717, 1.165) is 37.8 Å². The minimum atomic E-state index is -0.908. The van der Waals surface area contributed by atoms with E-state index in [-0.39, 0.29) is 6.10 Å². The average molecular weight is 263 g/mol. The van der Waals surface area contributed by atoms with Crippen LogP contribution < -0.4 is 5.32 Å². The third kappa shape index (κ3) is 3.70. The van der Waals surface area contributed by atoms with Crippen LogP contribution in [0.1, 0.15) is 41.6 Å². The van der Waals surface area contributed by atoms with Gasteiger partial charge < -0.3 is 15.5 Å². The van der Waals surface area contributed by atoms with E-state index in [2.05, 4.69) is 5.32 Å². The minimum Gasteiger partial charge on any atom is -0.478 e. The van der Waals surface area contributed by atoms with Gasteiger partial charge in [-0.1, -0.05) is 18.1 Å². The van der Waals surface area contributed by atoms with E-state index in [9.17, 15) is 15.0 Å². The Hall–Kier alpha value is -1.55. The molecule has 1 aliphatic carbocycles. The van der Waals surface area contributed by atoms with Crippen LogP contribution in [-0.2, 0) is 0 Å². The van der Waals surface area contributed by atoms with Gasteiger partial charge in [0.25, 0.3) is 0 Å². The Kier molecular flexibility index (Phi) is 4.43. The number of carboxylic acid groups (broad SMARTS) is 1. The average Bonchev–Trinajstić information content (AvgIpc) is 2.37. The molecule has 1 aliphatic rings. The Morgan fingerprint density at radius 3 is 2.89 bits per heavy atom. The second-order valence-corrected chi connectivity index (χ2v) is 5.42. The van der Waals surface area contributed by atoms with Gasteiger partial charge in [0.15, 0.2) is 0 Å². The van der Waals surface area contributed by atoms with Crippen LogP contribution in [0.5, 0.6) is 0 Å². The van der Waals surface area contributed by atoms with Gasteiger partial charge in [-0.3, -0.25) is 0 Å². The molecule has 1 saturated carbocycles. The van der Waals surface area contributed by atoms with Crippen molar-refractivity contribution in [2.24, 2.45) is 5.92 Å². The number of aromatic carboxylic acids is 1. The molecule has 0 amide bonds. The van der Waals surface area contributed by atoms with Crippen LogP contribution >= 0.6 is 0 Å². The van der Waals surface area contributed by atoms with Gasteiger partial charge in [-0.2, -0.15) is 0 Å². The van der Waals surface area contributed by atoms with Crippen molar-refractivity contribution >= 4 is 11.7 Å². The Balaban J connectivity index is 2.01. The number of rotatable bonds is 4. The molecule has 4 nitrogen and oxygen atoms in total. The molecule has 104 valence electrons. The van der Waals surface area contributed by atoms with E-state index in [1.807, 2.05) is 19.1 Å². The van der Waals surface area contributed by atoms with E-state index in [1.54, 1.807) is 6.07 Å². The summed E-state index contributed by atoms with van der Waals surface area (Å²) in [6.45, 7) is 2.61. The maximum absolute atomic E-state index is 11.2. The molecule has 3 N–H and O–H groups in total. The summed E-state index contributed by atoms with van der Waals surface area (Å²) in [5.74, 6) is -0.485.